The van der Waals surface area contributed by atoms with Gasteiger partial charge in [0.2, 0.25) is 0 Å². The Balaban J connectivity index is 2.07. The third-order valence-corrected chi connectivity index (χ3v) is 4.35. The largest absolute Gasteiger partial charge is 0.376 e. The molecule has 0 spiro atoms. The Morgan fingerprint density at radius 3 is 3.08 bits per heavy atom. The molecule has 24 heavy (non-hydrogen) atoms. The highest BCUT2D eigenvalue weighted by atomic mass is 16.5. The molecule has 0 unspecified atom stereocenters. The molecule has 3 aromatic rings. The number of ether oxygens (including phenoxy) is 1. The maximum absolute atomic E-state index is 12.8. The highest BCUT2D eigenvalue weighted by Crippen LogP contribution is 2.16. The van der Waals surface area contributed by atoms with Crippen molar-refractivity contribution in [3.05, 3.63) is 51.9 Å². The first-order valence-electron chi connectivity index (χ1n) is 7.80. The summed E-state index contributed by atoms with van der Waals surface area (Å²) < 4.78 is 8.73. The summed E-state index contributed by atoms with van der Waals surface area (Å²) >= 11 is 0. The summed E-state index contributed by atoms with van der Waals surface area (Å²) in [6.45, 7) is 1.12. The number of hydrogen-bond donors (Lipinski definition) is 1. The second-order valence-corrected chi connectivity index (χ2v) is 5.85. The summed E-state index contributed by atoms with van der Waals surface area (Å²) in [6.07, 6.45) is 3.51. The van der Waals surface area contributed by atoms with Crippen molar-refractivity contribution in [2.45, 2.75) is 25.5 Å². The van der Waals surface area contributed by atoms with Crippen molar-refractivity contribution in [2.24, 2.45) is 0 Å². The maximum atomic E-state index is 12.8. The molecule has 0 aromatic carbocycles. The summed E-state index contributed by atoms with van der Waals surface area (Å²) in [5.74, 6) is 0. The van der Waals surface area contributed by atoms with Crippen LogP contribution in [-0.4, -0.2) is 26.7 Å². The van der Waals surface area contributed by atoms with Crippen LogP contribution in [0.15, 0.2) is 35.3 Å². The van der Waals surface area contributed by atoms with E-state index >= 15 is 0 Å². The molecule has 1 aliphatic heterocycles. The Morgan fingerprint density at radius 1 is 1.46 bits per heavy atom. The number of nitrogens with zero attached hydrogens (tertiary/aromatic N) is 4. The number of fused-ring (bicyclic) bond motifs is 2. The standard InChI is InChI=1S/C17H15N5O2/c18-9-11-8-13-16(20-14-5-1-2-6-21(14)17(13)23)22(15(11)19)10-12-4-3-7-24-12/h1-2,5-6,8,12,19H,3-4,7,10H2/t12-/m0/s1. The van der Waals surface area contributed by atoms with Gasteiger partial charge in [-0.05, 0) is 31.0 Å². The normalized spacial score (nSPS) is 17.4. The first kappa shape index (κ1) is 14.6. The van der Waals surface area contributed by atoms with E-state index in [4.69, 9.17) is 10.1 Å². The molecule has 4 heterocycles. The Kier molecular flexibility index (Phi) is 3.40. The Labute approximate surface area is 136 Å². The quantitative estimate of drug-likeness (QED) is 0.717. The fraction of sp³-hybridized carbons (Fsp3) is 0.294. The van der Waals surface area contributed by atoms with Crippen molar-refractivity contribution in [1.82, 2.24) is 14.0 Å². The van der Waals surface area contributed by atoms with E-state index in [1.165, 1.54) is 10.5 Å². The van der Waals surface area contributed by atoms with Gasteiger partial charge in [-0.2, -0.15) is 5.26 Å². The molecule has 1 aliphatic rings. The van der Waals surface area contributed by atoms with Crippen LogP contribution in [0, 0.1) is 16.7 Å². The van der Waals surface area contributed by atoms with E-state index in [1.807, 2.05) is 12.1 Å². The molecule has 0 saturated carbocycles. The molecule has 0 bridgehead atoms. The Morgan fingerprint density at radius 2 is 2.33 bits per heavy atom. The number of hydrogen-bond acceptors (Lipinski definition) is 5. The second kappa shape index (κ2) is 5.58. The van der Waals surface area contributed by atoms with E-state index in [0.29, 0.717) is 29.8 Å². The van der Waals surface area contributed by atoms with E-state index in [1.54, 1.807) is 22.9 Å². The van der Waals surface area contributed by atoms with Crippen LogP contribution in [0.3, 0.4) is 0 Å². The number of aromatic nitrogens is 3. The van der Waals surface area contributed by atoms with Crippen LogP contribution >= 0.6 is 0 Å². The summed E-state index contributed by atoms with van der Waals surface area (Å²) in [5.41, 5.74) is 0.919. The van der Waals surface area contributed by atoms with Gasteiger partial charge in [0, 0.05) is 12.8 Å². The summed E-state index contributed by atoms with van der Waals surface area (Å²) in [6, 6.07) is 8.77. The molecule has 1 fully saturated rings. The van der Waals surface area contributed by atoms with Gasteiger partial charge in [0.1, 0.15) is 22.9 Å². The van der Waals surface area contributed by atoms with Crippen LogP contribution in [0.5, 0.6) is 0 Å². The Bertz CT molecular complexity index is 1100. The SMILES string of the molecule is N#Cc1cc2c(=O)n3ccccc3nc2n(C[C@@H]2CCCO2)c1=N. The highest BCUT2D eigenvalue weighted by molar-refractivity contribution is 5.77. The predicted molar refractivity (Wildman–Crippen MR) is 86.5 cm³/mol. The topological polar surface area (TPSA) is 96.2 Å². The van der Waals surface area contributed by atoms with E-state index < -0.39 is 0 Å². The molecule has 4 rings (SSSR count). The van der Waals surface area contributed by atoms with Crippen molar-refractivity contribution in [3.8, 4) is 6.07 Å². The van der Waals surface area contributed by atoms with Crippen LogP contribution in [-0.2, 0) is 11.3 Å². The molecule has 0 radical (unpaired) electrons. The summed E-state index contributed by atoms with van der Waals surface area (Å²) in [7, 11) is 0. The van der Waals surface area contributed by atoms with Crippen molar-refractivity contribution in [2.75, 3.05) is 6.61 Å². The molecule has 7 nitrogen and oxygen atoms in total. The van der Waals surface area contributed by atoms with Crippen LogP contribution in [0.4, 0.5) is 0 Å². The van der Waals surface area contributed by atoms with E-state index in [2.05, 4.69) is 4.98 Å². The van der Waals surface area contributed by atoms with Gasteiger partial charge in [-0.25, -0.2) is 4.98 Å². The molecule has 1 saturated heterocycles. The molecule has 0 amide bonds. The van der Waals surface area contributed by atoms with Gasteiger partial charge in [0.05, 0.1) is 23.6 Å². The van der Waals surface area contributed by atoms with Crippen LogP contribution in [0.2, 0.25) is 0 Å². The van der Waals surface area contributed by atoms with Gasteiger partial charge in [0.15, 0.2) is 0 Å². The second-order valence-electron chi connectivity index (χ2n) is 5.85. The highest BCUT2D eigenvalue weighted by Gasteiger charge is 2.20. The zero-order chi connectivity index (χ0) is 16.7. The van der Waals surface area contributed by atoms with E-state index in [0.717, 1.165) is 12.8 Å². The van der Waals surface area contributed by atoms with Crippen molar-refractivity contribution < 1.29 is 4.74 Å². The lowest BCUT2D eigenvalue weighted by Gasteiger charge is -2.16. The van der Waals surface area contributed by atoms with Gasteiger partial charge in [-0.3, -0.25) is 14.6 Å². The van der Waals surface area contributed by atoms with E-state index in [9.17, 15) is 10.1 Å². The smallest absolute Gasteiger partial charge is 0.267 e. The maximum Gasteiger partial charge on any atom is 0.267 e. The fourth-order valence-corrected chi connectivity index (χ4v) is 3.14. The number of nitrogens with one attached hydrogen (secondary N) is 1. The van der Waals surface area contributed by atoms with Crippen molar-refractivity contribution in [1.29, 1.82) is 10.7 Å². The van der Waals surface area contributed by atoms with Crippen molar-refractivity contribution >= 4 is 16.7 Å². The molecular formula is C17H15N5O2. The summed E-state index contributed by atoms with van der Waals surface area (Å²) in [5, 5.41) is 18.0. The monoisotopic (exact) mass is 321 g/mol. The van der Waals surface area contributed by atoms with Crippen LogP contribution in [0.1, 0.15) is 18.4 Å². The predicted octanol–water partition coefficient (Wildman–Crippen LogP) is 1.18. The first-order chi connectivity index (χ1) is 11.7. The van der Waals surface area contributed by atoms with Gasteiger partial charge >= 0.3 is 0 Å². The lowest BCUT2D eigenvalue weighted by Crippen LogP contribution is -2.31. The van der Waals surface area contributed by atoms with Crippen LogP contribution < -0.4 is 11.0 Å². The van der Waals surface area contributed by atoms with Gasteiger partial charge in [0.25, 0.3) is 5.56 Å². The number of pyridine rings is 2. The first-order valence-corrected chi connectivity index (χ1v) is 7.80. The lowest BCUT2D eigenvalue weighted by atomic mass is 10.2. The minimum absolute atomic E-state index is 0.0210. The Hall–Kier alpha value is -2.98. The fourth-order valence-electron chi connectivity index (χ4n) is 3.14. The molecule has 1 atom stereocenters. The van der Waals surface area contributed by atoms with E-state index in [-0.39, 0.29) is 22.7 Å². The summed E-state index contributed by atoms with van der Waals surface area (Å²) in [4.78, 5) is 17.3. The van der Waals surface area contributed by atoms with Gasteiger partial charge < -0.3 is 9.30 Å². The minimum atomic E-state index is -0.242. The van der Waals surface area contributed by atoms with Crippen molar-refractivity contribution in [3.63, 3.8) is 0 Å². The third kappa shape index (κ3) is 2.20. The average Bonchev–Trinajstić information content (AvgIpc) is 3.11. The minimum Gasteiger partial charge on any atom is -0.376 e. The lowest BCUT2D eigenvalue weighted by molar-refractivity contribution is 0.0967. The molecular weight excluding hydrogens is 306 g/mol. The molecule has 120 valence electrons. The molecule has 3 aromatic heterocycles. The average molecular weight is 321 g/mol. The van der Waals surface area contributed by atoms with Crippen LogP contribution in [0.25, 0.3) is 16.7 Å². The number of rotatable bonds is 2. The van der Waals surface area contributed by atoms with Gasteiger partial charge in [-0.1, -0.05) is 6.07 Å². The molecule has 1 N–H and O–H groups in total. The number of nitriles is 1. The zero-order valence-corrected chi connectivity index (χ0v) is 12.9. The third-order valence-electron chi connectivity index (χ3n) is 4.35. The molecule has 7 heteroatoms. The molecule has 0 aliphatic carbocycles. The van der Waals surface area contributed by atoms with Gasteiger partial charge in [-0.15, -0.1) is 0 Å². The zero-order valence-electron chi connectivity index (χ0n) is 12.9.